The second-order valence-corrected chi connectivity index (χ2v) is 31.4. The van der Waals surface area contributed by atoms with Crippen LogP contribution < -0.4 is 0 Å². The average molecular weight is 1320 g/mol. The highest BCUT2D eigenvalue weighted by Gasteiger charge is 2.51. The lowest BCUT2D eigenvalue weighted by Gasteiger charge is -2.36. The van der Waals surface area contributed by atoms with Crippen molar-refractivity contribution >= 4 is 57.5 Å². The van der Waals surface area contributed by atoms with Crippen molar-refractivity contribution < 1.29 is 9.59 Å². The first kappa shape index (κ1) is 66.8. The van der Waals surface area contributed by atoms with Gasteiger partial charge in [0.05, 0.1) is 5.41 Å². The largest absolute Gasteiger partial charge is 0.289 e. The van der Waals surface area contributed by atoms with Crippen LogP contribution in [-0.2, 0) is 21.7 Å². The maximum absolute atomic E-state index is 14.2. The molecule has 4 aliphatic carbocycles. The Morgan fingerprint density at radius 3 is 1.19 bits per heavy atom. The third-order valence-electron chi connectivity index (χ3n) is 21.2. The van der Waals surface area contributed by atoms with E-state index in [4.69, 9.17) is 0 Å². The lowest BCUT2D eigenvalue weighted by molar-refractivity contribution is 0.103. The number of nitriles is 4. The number of unbranched alkanes of at least 4 members (excludes halogenated alkanes) is 10. The van der Waals surface area contributed by atoms with Crippen molar-refractivity contribution in [2.45, 2.75) is 167 Å². The normalized spacial score (nSPS) is 15.3. The highest BCUT2D eigenvalue weighted by Crippen LogP contribution is 2.63. The Labute approximate surface area is 587 Å². The number of benzene rings is 7. The molecule has 0 unspecified atom stereocenters. The molecule has 0 saturated heterocycles. The van der Waals surface area contributed by atoms with Gasteiger partial charge in [0.1, 0.15) is 35.4 Å². The van der Waals surface area contributed by atoms with Crippen molar-refractivity contribution in [3.05, 3.63) is 269 Å². The smallest absolute Gasteiger partial charge is 0.194 e. The third kappa shape index (κ3) is 11.8. The highest BCUT2D eigenvalue weighted by molar-refractivity contribution is 7.16. The fourth-order valence-corrected chi connectivity index (χ4v) is 18.0. The fourth-order valence-electron chi connectivity index (χ4n) is 16.1. The second-order valence-electron chi connectivity index (χ2n) is 29.2. The van der Waals surface area contributed by atoms with Crippen LogP contribution in [-0.4, -0.2) is 11.6 Å². The minimum absolute atomic E-state index is 0.0680. The number of thiophene rings is 2. The van der Waals surface area contributed by atoms with Crippen LogP contribution in [0.4, 0.5) is 0 Å². The number of Topliss-reactive ketones (excluding diaryl/α,β-unsaturated/α-hetero) is 2. The van der Waals surface area contributed by atoms with E-state index in [1.807, 2.05) is 48.6 Å². The standard InChI is InChI=1S/C90H82N4O2S2/c1-9-11-13-15-17-23-45-89(46-24-18-16-14-12-10-2)77-47-57(81-43-39-65(97-81)49-75-83(59(53-91)54-92)69-25-19-21-27-71(69)85(75)95)29-41-67(77)73-52-80-74(51-78(73)89)68-42-30-58(82-44-40-66(98-82)50-76-84(60(55-93)56-94)70-26-20-22-28-72(70)86(76)96)48-79(68)90(80,63-35-31-61(32-36-63)87(3,4)5)64-37-33-62(34-38-64)88(6,7)8/h19-22,25-44,47-52H,9-18,23-24,45-46H2,1-8H3/b75-49-,76-50-. The Kier molecular flexibility index (Phi) is 18.6. The van der Waals surface area contributed by atoms with Gasteiger partial charge in [-0.05, 0) is 173 Å². The Balaban J connectivity index is 1.01. The quantitative estimate of drug-likeness (QED) is 0.0424. The molecule has 13 rings (SSSR count). The van der Waals surface area contributed by atoms with Gasteiger partial charge in [-0.2, -0.15) is 21.0 Å². The molecule has 0 amide bonds. The zero-order chi connectivity index (χ0) is 68.7. The van der Waals surface area contributed by atoms with Crippen LogP contribution in [0.1, 0.15) is 231 Å². The molecule has 8 heteroatoms. The van der Waals surface area contributed by atoms with Gasteiger partial charge in [-0.3, -0.25) is 9.59 Å². The maximum Gasteiger partial charge on any atom is 0.194 e. The monoisotopic (exact) mass is 1310 g/mol. The van der Waals surface area contributed by atoms with Crippen LogP contribution in [0, 0.1) is 45.3 Å². The van der Waals surface area contributed by atoms with Crippen molar-refractivity contribution in [1.29, 1.82) is 21.0 Å². The SMILES string of the molecule is CCCCCCCCC1(CCCCCCCC)c2cc(-c3ccc(/C=C4\C(=O)c5ccccc5C4=C(C#N)C#N)s3)ccc2-c2cc3c(cc21)-c1ccc(-c2ccc(/C=C4\C(=O)c5ccccc5C4=C(C#N)C#N)s2)cc1C3(c1ccc(C(C)(C)C)cc1)c1ccc(C(C)(C)C)cc1. The van der Waals surface area contributed by atoms with E-state index < -0.39 is 5.41 Å². The van der Waals surface area contributed by atoms with Gasteiger partial charge in [-0.1, -0.05) is 254 Å². The second kappa shape index (κ2) is 27.2. The number of rotatable bonds is 20. The summed E-state index contributed by atoms with van der Waals surface area (Å²) in [6.07, 6.45) is 20.1. The van der Waals surface area contributed by atoms with Gasteiger partial charge in [0.2, 0.25) is 0 Å². The number of fused-ring (bicyclic) bond motifs is 8. The van der Waals surface area contributed by atoms with Crippen molar-refractivity contribution in [1.82, 2.24) is 0 Å². The molecule has 2 heterocycles. The highest BCUT2D eigenvalue weighted by atomic mass is 32.1. The first-order valence-corrected chi connectivity index (χ1v) is 36.8. The summed E-state index contributed by atoms with van der Waals surface area (Å²) in [7, 11) is 0. The molecule has 0 atom stereocenters. The molecule has 486 valence electrons. The van der Waals surface area contributed by atoms with Gasteiger partial charge in [0.15, 0.2) is 11.6 Å². The zero-order valence-corrected chi connectivity index (χ0v) is 59.3. The van der Waals surface area contributed by atoms with Crippen molar-refractivity contribution in [2.75, 3.05) is 0 Å². The molecule has 0 fully saturated rings. The minimum atomic E-state index is -0.776. The van der Waals surface area contributed by atoms with E-state index in [1.165, 1.54) is 131 Å². The summed E-state index contributed by atoms with van der Waals surface area (Å²) in [5.41, 5.74) is 19.7. The molecule has 4 aliphatic rings. The van der Waals surface area contributed by atoms with E-state index in [-0.39, 0.29) is 39.0 Å². The lowest BCUT2D eigenvalue weighted by atomic mass is 9.66. The summed E-state index contributed by atoms with van der Waals surface area (Å²) in [4.78, 5) is 32.2. The molecule has 2 aromatic heterocycles. The van der Waals surface area contributed by atoms with Gasteiger partial charge in [0.25, 0.3) is 0 Å². The fraction of sp³-hybridized carbons (Fsp3) is 0.289. The van der Waals surface area contributed by atoms with Gasteiger partial charge in [-0.15, -0.1) is 22.7 Å². The third-order valence-corrected chi connectivity index (χ3v) is 23.3. The van der Waals surface area contributed by atoms with Crippen LogP contribution in [0.25, 0.3) is 66.4 Å². The van der Waals surface area contributed by atoms with Gasteiger partial charge in [0, 0.05) is 58.3 Å². The molecule has 0 radical (unpaired) electrons. The Morgan fingerprint density at radius 1 is 0.398 bits per heavy atom. The minimum Gasteiger partial charge on any atom is -0.289 e. The lowest BCUT2D eigenvalue weighted by Crippen LogP contribution is -2.29. The molecular formula is C90H82N4O2S2. The number of nitrogens with zero attached hydrogens (tertiary/aromatic N) is 4. The maximum atomic E-state index is 14.2. The van der Waals surface area contributed by atoms with Crippen LogP contribution in [0.2, 0.25) is 0 Å². The number of carbonyl (C=O) groups is 2. The van der Waals surface area contributed by atoms with E-state index in [1.54, 1.807) is 34.8 Å². The predicted molar refractivity (Wildman–Crippen MR) is 404 cm³/mol. The predicted octanol–water partition coefficient (Wildman–Crippen LogP) is 24.0. The number of carbonyl (C=O) groups excluding carboxylic acids is 2. The summed E-state index contributed by atoms with van der Waals surface area (Å²) < 4.78 is 0. The molecule has 7 aromatic carbocycles. The van der Waals surface area contributed by atoms with Crippen LogP contribution in [0.3, 0.4) is 0 Å². The van der Waals surface area contributed by atoms with E-state index in [0.29, 0.717) is 44.5 Å². The van der Waals surface area contributed by atoms with Crippen LogP contribution in [0.15, 0.2) is 192 Å². The average Bonchev–Trinajstić information content (AvgIpc) is 1.51. The summed E-state index contributed by atoms with van der Waals surface area (Å²) in [6.45, 7) is 18.3. The number of hydrogen-bond acceptors (Lipinski definition) is 8. The molecule has 0 N–H and O–H groups in total. The topological polar surface area (TPSA) is 129 Å². The molecule has 9 aromatic rings. The van der Waals surface area contributed by atoms with Gasteiger partial charge < -0.3 is 0 Å². The van der Waals surface area contributed by atoms with Gasteiger partial charge >= 0.3 is 0 Å². The molecule has 6 nitrogen and oxygen atoms in total. The summed E-state index contributed by atoms with van der Waals surface area (Å²) in [5.74, 6) is -0.375. The number of allylic oxidation sites excluding steroid dienone is 6. The van der Waals surface area contributed by atoms with E-state index in [0.717, 1.165) is 56.3 Å². The van der Waals surface area contributed by atoms with Crippen molar-refractivity contribution in [2.24, 2.45) is 0 Å². The van der Waals surface area contributed by atoms with Crippen molar-refractivity contribution in [3.63, 3.8) is 0 Å². The Morgan fingerprint density at radius 2 is 0.765 bits per heavy atom. The molecule has 98 heavy (non-hydrogen) atoms. The van der Waals surface area contributed by atoms with Crippen LogP contribution in [0.5, 0.6) is 0 Å². The molecule has 0 saturated carbocycles. The van der Waals surface area contributed by atoms with Gasteiger partial charge in [-0.25, -0.2) is 0 Å². The number of ketones is 2. The summed E-state index contributed by atoms with van der Waals surface area (Å²) in [6, 6.07) is 69.8. The Bertz CT molecular complexity index is 4890. The van der Waals surface area contributed by atoms with E-state index >= 15 is 0 Å². The first-order chi connectivity index (χ1) is 47.4. The zero-order valence-electron chi connectivity index (χ0n) is 57.6. The van der Waals surface area contributed by atoms with E-state index in [9.17, 15) is 30.6 Å². The van der Waals surface area contributed by atoms with E-state index in [2.05, 4.69) is 201 Å². The molecule has 0 aliphatic heterocycles. The molecule has 0 spiro atoms. The van der Waals surface area contributed by atoms with Crippen molar-refractivity contribution in [3.8, 4) is 67.4 Å². The van der Waals surface area contributed by atoms with Crippen LogP contribution >= 0.6 is 22.7 Å². The molecule has 0 bridgehead atoms. The first-order valence-electron chi connectivity index (χ1n) is 35.1. The Hall–Kier alpha value is -9.80. The number of hydrogen-bond donors (Lipinski definition) is 0. The molecular weight excluding hydrogens is 1230 g/mol. The summed E-state index contributed by atoms with van der Waals surface area (Å²) >= 11 is 3.23. The summed E-state index contributed by atoms with van der Waals surface area (Å²) in [5, 5.41) is 40.7.